The second-order valence-corrected chi connectivity index (χ2v) is 5.86. The Bertz CT molecular complexity index is 750. The molecule has 1 aromatic heterocycles. The fourth-order valence-electron chi connectivity index (χ4n) is 2.30. The van der Waals surface area contributed by atoms with Gasteiger partial charge in [-0.05, 0) is 34.5 Å². The van der Waals surface area contributed by atoms with Gasteiger partial charge in [-0.3, -0.25) is 4.68 Å². The van der Waals surface area contributed by atoms with Gasteiger partial charge >= 0.3 is 0 Å². The summed E-state index contributed by atoms with van der Waals surface area (Å²) in [6.07, 6.45) is 2.59. The number of aromatic nitrogens is 3. The Labute approximate surface area is 125 Å². The van der Waals surface area contributed by atoms with Crippen LogP contribution in [0, 0.1) is 0 Å². The molecule has 0 saturated heterocycles. The Morgan fingerprint density at radius 3 is 2.70 bits per heavy atom. The van der Waals surface area contributed by atoms with Gasteiger partial charge in [0.2, 0.25) is 0 Å². The standard InChI is InChI=1S/C15H15BrN4/c1-20-9-14(18-19-20)8-15(17)12-3-2-11-7-13(16)5-4-10(11)6-12/h2-7,9,15H,8,17H2,1H3. The molecule has 1 atom stereocenters. The molecule has 0 aliphatic heterocycles. The van der Waals surface area contributed by atoms with Gasteiger partial charge in [0.05, 0.1) is 5.69 Å². The number of hydrogen-bond donors (Lipinski definition) is 1. The molecule has 5 heteroatoms. The summed E-state index contributed by atoms with van der Waals surface area (Å²) in [6, 6.07) is 12.5. The lowest BCUT2D eigenvalue weighted by Crippen LogP contribution is -2.13. The van der Waals surface area contributed by atoms with Crippen molar-refractivity contribution in [1.29, 1.82) is 0 Å². The molecule has 0 fully saturated rings. The maximum Gasteiger partial charge on any atom is 0.0845 e. The van der Waals surface area contributed by atoms with E-state index in [0.717, 1.165) is 15.7 Å². The van der Waals surface area contributed by atoms with E-state index < -0.39 is 0 Å². The van der Waals surface area contributed by atoms with Crippen LogP contribution < -0.4 is 5.73 Å². The average molecular weight is 331 g/mol. The molecule has 102 valence electrons. The van der Waals surface area contributed by atoms with Crippen LogP contribution in [-0.2, 0) is 13.5 Å². The van der Waals surface area contributed by atoms with Gasteiger partial charge in [0.15, 0.2) is 0 Å². The molecule has 0 aliphatic rings. The first kappa shape index (κ1) is 13.3. The molecule has 0 saturated carbocycles. The molecule has 3 rings (SSSR count). The van der Waals surface area contributed by atoms with E-state index in [1.54, 1.807) is 4.68 Å². The smallest absolute Gasteiger partial charge is 0.0845 e. The summed E-state index contributed by atoms with van der Waals surface area (Å²) in [4.78, 5) is 0. The highest BCUT2D eigenvalue weighted by Crippen LogP contribution is 2.24. The van der Waals surface area contributed by atoms with Crippen molar-refractivity contribution >= 4 is 26.7 Å². The fourth-order valence-corrected chi connectivity index (χ4v) is 2.68. The van der Waals surface area contributed by atoms with Gasteiger partial charge in [0, 0.05) is 30.2 Å². The van der Waals surface area contributed by atoms with E-state index in [1.807, 2.05) is 19.3 Å². The average Bonchev–Trinajstić information content (AvgIpc) is 2.83. The third-order valence-electron chi connectivity index (χ3n) is 3.33. The maximum atomic E-state index is 6.27. The number of benzene rings is 2. The lowest BCUT2D eigenvalue weighted by atomic mass is 9.99. The number of rotatable bonds is 3. The quantitative estimate of drug-likeness (QED) is 0.803. The molecule has 0 aliphatic carbocycles. The van der Waals surface area contributed by atoms with Gasteiger partial charge in [0.25, 0.3) is 0 Å². The summed E-state index contributed by atoms with van der Waals surface area (Å²) in [6.45, 7) is 0. The highest BCUT2D eigenvalue weighted by Gasteiger charge is 2.10. The van der Waals surface area contributed by atoms with Gasteiger partial charge in [-0.15, -0.1) is 5.10 Å². The summed E-state index contributed by atoms with van der Waals surface area (Å²) in [7, 11) is 1.86. The molecule has 0 bridgehead atoms. The van der Waals surface area contributed by atoms with Gasteiger partial charge in [-0.1, -0.05) is 39.3 Å². The number of halogens is 1. The predicted octanol–water partition coefficient (Wildman–Crippen LogP) is 2.97. The van der Waals surface area contributed by atoms with Crippen LogP contribution >= 0.6 is 15.9 Å². The van der Waals surface area contributed by atoms with E-state index in [4.69, 9.17) is 5.73 Å². The molecule has 3 aromatic rings. The number of hydrogen-bond acceptors (Lipinski definition) is 3. The molecule has 2 aromatic carbocycles. The minimum absolute atomic E-state index is 0.0697. The summed E-state index contributed by atoms with van der Waals surface area (Å²) < 4.78 is 2.78. The highest BCUT2D eigenvalue weighted by atomic mass is 79.9. The SMILES string of the molecule is Cn1cc(CC(N)c2ccc3cc(Br)ccc3c2)nn1. The van der Waals surface area contributed by atoms with E-state index in [0.29, 0.717) is 6.42 Å². The summed E-state index contributed by atoms with van der Waals surface area (Å²) in [5.74, 6) is 0. The number of nitrogens with zero attached hydrogens (tertiary/aromatic N) is 3. The van der Waals surface area contributed by atoms with E-state index in [2.05, 4.69) is 56.6 Å². The zero-order chi connectivity index (χ0) is 14.1. The molecular formula is C15H15BrN4. The Morgan fingerprint density at radius 2 is 1.95 bits per heavy atom. The molecule has 4 nitrogen and oxygen atoms in total. The maximum absolute atomic E-state index is 6.27. The Kier molecular flexibility index (Phi) is 3.54. The van der Waals surface area contributed by atoms with Crippen molar-refractivity contribution in [2.45, 2.75) is 12.5 Å². The molecule has 1 unspecified atom stereocenters. The van der Waals surface area contributed by atoms with Crippen molar-refractivity contribution in [2.75, 3.05) is 0 Å². The molecule has 0 amide bonds. The van der Waals surface area contributed by atoms with Crippen LogP contribution in [0.5, 0.6) is 0 Å². The number of nitrogens with two attached hydrogens (primary N) is 1. The van der Waals surface area contributed by atoms with E-state index in [-0.39, 0.29) is 6.04 Å². The van der Waals surface area contributed by atoms with E-state index in [9.17, 15) is 0 Å². The number of fused-ring (bicyclic) bond motifs is 1. The Hall–Kier alpha value is -1.72. The van der Waals surface area contributed by atoms with Crippen molar-refractivity contribution in [3.05, 3.63) is 58.3 Å². The first-order valence-electron chi connectivity index (χ1n) is 6.42. The Morgan fingerprint density at radius 1 is 1.20 bits per heavy atom. The number of aryl methyl sites for hydroxylation is 1. The van der Waals surface area contributed by atoms with Crippen LogP contribution in [0.25, 0.3) is 10.8 Å². The minimum Gasteiger partial charge on any atom is -0.324 e. The summed E-state index contributed by atoms with van der Waals surface area (Å²) in [5, 5.41) is 10.4. The first-order valence-corrected chi connectivity index (χ1v) is 7.21. The minimum atomic E-state index is -0.0697. The molecule has 1 heterocycles. The fraction of sp³-hybridized carbons (Fsp3) is 0.200. The normalized spacial score (nSPS) is 12.8. The van der Waals surface area contributed by atoms with Crippen molar-refractivity contribution in [3.8, 4) is 0 Å². The lowest BCUT2D eigenvalue weighted by Gasteiger charge is -2.11. The van der Waals surface area contributed by atoms with Crippen LogP contribution in [0.15, 0.2) is 47.1 Å². The third-order valence-corrected chi connectivity index (χ3v) is 3.83. The zero-order valence-corrected chi connectivity index (χ0v) is 12.7. The highest BCUT2D eigenvalue weighted by molar-refractivity contribution is 9.10. The van der Waals surface area contributed by atoms with Crippen molar-refractivity contribution in [1.82, 2.24) is 15.0 Å². The molecule has 0 radical (unpaired) electrons. The topological polar surface area (TPSA) is 56.7 Å². The van der Waals surface area contributed by atoms with Crippen LogP contribution in [0.4, 0.5) is 0 Å². The van der Waals surface area contributed by atoms with Crippen molar-refractivity contribution in [2.24, 2.45) is 12.8 Å². The monoisotopic (exact) mass is 330 g/mol. The van der Waals surface area contributed by atoms with Crippen LogP contribution in [0.2, 0.25) is 0 Å². The Balaban J connectivity index is 1.87. The molecule has 2 N–H and O–H groups in total. The van der Waals surface area contributed by atoms with Gasteiger partial charge in [-0.25, -0.2) is 0 Å². The van der Waals surface area contributed by atoms with Gasteiger partial charge < -0.3 is 5.73 Å². The van der Waals surface area contributed by atoms with Gasteiger partial charge in [-0.2, -0.15) is 0 Å². The third kappa shape index (κ3) is 2.73. The largest absolute Gasteiger partial charge is 0.324 e. The van der Waals surface area contributed by atoms with E-state index in [1.165, 1.54) is 10.8 Å². The van der Waals surface area contributed by atoms with Crippen molar-refractivity contribution in [3.63, 3.8) is 0 Å². The second kappa shape index (κ2) is 5.34. The molecule has 0 spiro atoms. The summed E-state index contributed by atoms with van der Waals surface area (Å²) in [5.41, 5.74) is 8.30. The lowest BCUT2D eigenvalue weighted by molar-refractivity contribution is 0.694. The van der Waals surface area contributed by atoms with Crippen LogP contribution in [0.1, 0.15) is 17.3 Å². The second-order valence-electron chi connectivity index (χ2n) is 4.95. The van der Waals surface area contributed by atoms with Gasteiger partial charge in [0.1, 0.15) is 0 Å². The molecular weight excluding hydrogens is 316 g/mol. The van der Waals surface area contributed by atoms with E-state index >= 15 is 0 Å². The predicted molar refractivity (Wildman–Crippen MR) is 83.3 cm³/mol. The zero-order valence-electron chi connectivity index (χ0n) is 11.1. The van der Waals surface area contributed by atoms with Crippen LogP contribution in [0.3, 0.4) is 0 Å². The van der Waals surface area contributed by atoms with Crippen LogP contribution in [-0.4, -0.2) is 15.0 Å². The first-order chi connectivity index (χ1) is 9.61. The molecule has 20 heavy (non-hydrogen) atoms. The van der Waals surface area contributed by atoms with Crippen molar-refractivity contribution < 1.29 is 0 Å². The summed E-state index contributed by atoms with van der Waals surface area (Å²) >= 11 is 3.48.